The maximum absolute atomic E-state index is 12.9. The molecule has 0 bridgehead atoms. The topological polar surface area (TPSA) is 72.2 Å². The van der Waals surface area contributed by atoms with E-state index < -0.39 is 0 Å². The number of benzene rings is 3. The molecule has 1 amide bonds. The Morgan fingerprint density at radius 1 is 0.966 bits per heavy atom. The second kappa shape index (κ2) is 6.79. The number of hydrogen-bond donors (Lipinski definition) is 1. The summed E-state index contributed by atoms with van der Waals surface area (Å²) in [6.45, 7) is 3.84. The fourth-order valence-electron chi connectivity index (χ4n) is 3.25. The lowest BCUT2D eigenvalue weighted by atomic mass is 10.1. The first kappa shape index (κ1) is 17.5. The Bertz CT molecular complexity index is 1380. The molecule has 0 radical (unpaired) electrons. The molecule has 3 aromatic carbocycles. The quantitative estimate of drug-likeness (QED) is 0.470. The lowest BCUT2D eigenvalue weighted by Gasteiger charge is -2.10. The number of nitrogens with zero attached hydrogens (tertiary/aromatic N) is 4. The van der Waals surface area contributed by atoms with Crippen molar-refractivity contribution in [3.63, 3.8) is 0 Å². The molecule has 7 heteroatoms. The van der Waals surface area contributed by atoms with Gasteiger partial charge in [-0.3, -0.25) is 4.79 Å². The summed E-state index contributed by atoms with van der Waals surface area (Å²) in [5, 5.41) is 18.7. The molecule has 0 aliphatic carbocycles. The van der Waals surface area contributed by atoms with E-state index in [0.29, 0.717) is 5.56 Å². The molecule has 0 spiro atoms. The number of aryl methyl sites for hydroxylation is 2. The standard InChI is InChI=1S/C22H17N5OS/c1-13-7-8-18(21-26-27-14(2)24-25-22(27)29-21)12-19(13)23-20(28)17-10-9-15-5-3-4-6-16(15)11-17/h3-12H,1-2H3,(H,23,28). The largest absolute Gasteiger partial charge is 0.322 e. The first-order chi connectivity index (χ1) is 14.1. The number of hydrogen-bond acceptors (Lipinski definition) is 5. The van der Waals surface area contributed by atoms with Crippen LogP contribution in [0.25, 0.3) is 26.3 Å². The fourth-order valence-corrected chi connectivity index (χ4v) is 4.13. The van der Waals surface area contributed by atoms with Gasteiger partial charge < -0.3 is 5.32 Å². The summed E-state index contributed by atoms with van der Waals surface area (Å²) in [5.74, 6) is 0.615. The molecule has 5 rings (SSSR count). The number of carbonyl (C=O) groups excluding carboxylic acids is 1. The second-order valence-electron chi connectivity index (χ2n) is 6.89. The Morgan fingerprint density at radius 2 is 1.79 bits per heavy atom. The number of nitrogens with one attached hydrogen (secondary N) is 1. The van der Waals surface area contributed by atoms with Crippen LogP contribution < -0.4 is 5.32 Å². The van der Waals surface area contributed by atoms with Crippen molar-refractivity contribution in [1.82, 2.24) is 19.8 Å². The van der Waals surface area contributed by atoms with Crippen LogP contribution in [-0.2, 0) is 0 Å². The van der Waals surface area contributed by atoms with Gasteiger partial charge in [-0.1, -0.05) is 53.8 Å². The lowest BCUT2D eigenvalue weighted by molar-refractivity contribution is 0.102. The molecule has 2 aromatic heterocycles. The minimum absolute atomic E-state index is 0.134. The van der Waals surface area contributed by atoms with Gasteiger partial charge in [0.1, 0.15) is 5.01 Å². The lowest BCUT2D eigenvalue weighted by Crippen LogP contribution is -2.12. The van der Waals surface area contributed by atoms with E-state index in [2.05, 4.69) is 20.6 Å². The molecule has 0 unspecified atom stereocenters. The van der Waals surface area contributed by atoms with E-state index in [4.69, 9.17) is 0 Å². The van der Waals surface area contributed by atoms with E-state index in [1.165, 1.54) is 11.3 Å². The molecule has 29 heavy (non-hydrogen) atoms. The maximum Gasteiger partial charge on any atom is 0.255 e. The Morgan fingerprint density at radius 3 is 2.62 bits per heavy atom. The molecule has 0 aliphatic heterocycles. The van der Waals surface area contributed by atoms with Crippen molar-refractivity contribution in [3.8, 4) is 10.6 Å². The summed E-state index contributed by atoms with van der Waals surface area (Å²) < 4.78 is 1.73. The van der Waals surface area contributed by atoms with Gasteiger partial charge in [0.15, 0.2) is 5.82 Å². The molecular weight excluding hydrogens is 382 g/mol. The Kier molecular flexibility index (Phi) is 4.10. The average molecular weight is 399 g/mol. The highest BCUT2D eigenvalue weighted by molar-refractivity contribution is 7.19. The monoisotopic (exact) mass is 399 g/mol. The van der Waals surface area contributed by atoms with Gasteiger partial charge in [0.2, 0.25) is 4.96 Å². The van der Waals surface area contributed by atoms with Gasteiger partial charge >= 0.3 is 0 Å². The average Bonchev–Trinajstić information content (AvgIpc) is 3.31. The molecular formula is C22H17N5OS. The Hall–Kier alpha value is -3.58. The smallest absolute Gasteiger partial charge is 0.255 e. The van der Waals surface area contributed by atoms with Crippen molar-refractivity contribution in [1.29, 1.82) is 0 Å². The van der Waals surface area contributed by atoms with Gasteiger partial charge in [-0.15, -0.1) is 10.2 Å². The number of carbonyl (C=O) groups is 1. The molecule has 6 nitrogen and oxygen atoms in total. The van der Waals surface area contributed by atoms with Crippen LogP contribution in [0.3, 0.4) is 0 Å². The predicted octanol–water partition coefficient (Wildman–Crippen LogP) is 4.88. The Labute approximate surface area is 170 Å². The number of rotatable bonds is 3. The second-order valence-corrected chi connectivity index (χ2v) is 7.85. The number of amides is 1. The van der Waals surface area contributed by atoms with Gasteiger partial charge in [0.25, 0.3) is 5.91 Å². The van der Waals surface area contributed by atoms with Crippen LogP contribution in [0.15, 0.2) is 60.7 Å². The predicted molar refractivity (Wildman–Crippen MR) is 115 cm³/mol. The van der Waals surface area contributed by atoms with Crippen molar-refractivity contribution in [3.05, 3.63) is 77.6 Å². The van der Waals surface area contributed by atoms with E-state index in [0.717, 1.165) is 43.4 Å². The summed E-state index contributed by atoms with van der Waals surface area (Å²) in [7, 11) is 0. The fraction of sp³-hybridized carbons (Fsp3) is 0.0909. The minimum Gasteiger partial charge on any atom is -0.322 e. The van der Waals surface area contributed by atoms with Crippen LogP contribution in [0, 0.1) is 13.8 Å². The first-order valence-electron chi connectivity index (χ1n) is 9.18. The molecule has 142 valence electrons. The number of anilines is 1. The van der Waals surface area contributed by atoms with E-state index in [-0.39, 0.29) is 5.91 Å². The van der Waals surface area contributed by atoms with Crippen LogP contribution in [0.4, 0.5) is 5.69 Å². The molecule has 0 aliphatic rings. The van der Waals surface area contributed by atoms with Gasteiger partial charge in [-0.05, 0) is 48.4 Å². The van der Waals surface area contributed by atoms with Gasteiger partial charge in [0, 0.05) is 16.8 Å². The van der Waals surface area contributed by atoms with Crippen molar-refractivity contribution < 1.29 is 4.79 Å². The third kappa shape index (κ3) is 3.15. The van der Waals surface area contributed by atoms with Crippen LogP contribution in [0.2, 0.25) is 0 Å². The highest BCUT2D eigenvalue weighted by Crippen LogP contribution is 2.29. The summed E-state index contributed by atoms with van der Waals surface area (Å²) in [6.07, 6.45) is 0. The minimum atomic E-state index is -0.134. The van der Waals surface area contributed by atoms with Gasteiger partial charge in [-0.2, -0.15) is 9.61 Å². The van der Waals surface area contributed by atoms with E-state index in [9.17, 15) is 4.79 Å². The molecule has 0 fully saturated rings. The van der Waals surface area contributed by atoms with Crippen LogP contribution in [0.5, 0.6) is 0 Å². The number of aromatic nitrogens is 4. The van der Waals surface area contributed by atoms with E-state index in [1.54, 1.807) is 4.52 Å². The normalized spacial score (nSPS) is 11.2. The summed E-state index contributed by atoms with van der Waals surface area (Å²) in [6, 6.07) is 19.7. The molecule has 0 saturated heterocycles. The maximum atomic E-state index is 12.9. The third-order valence-corrected chi connectivity index (χ3v) is 5.84. The SMILES string of the molecule is Cc1ccc(-c2nn3c(C)nnc3s2)cc1NC(=O)c1ccc2ccccc2c1. The zero-order valence-electron chi connectivity index (χ0n) is 15.9. The van der Waals surface area contributed by atoms with Gasteiger partial charge in [0.05, 0.1) is 0 Å². The zero-order chi connectivity index (χ0) is 20.0. The van der Waals surface area contributed by atoms with E-state index in [1.807, 2.05) is 74.5 Å². The van der Waals surface area contributed by atoms with Crippen LogP contribution in [-0.4, -0.2) is 25.7 Å². The highest BCUT2D eigenvalue weighted by Gasteiger charge is 2.13. The summed E-state index contributed by atoms with van der Waals surface area (Å²) in [5.41, 5.74) is 3.31. The molecule has 1 N–H and O–H groups in total. The highest BCUT2D eigenvalue weighted by atomic mass is 32.1. The first-order valence-corrected chi connectivity index (χ1v) is 10.0. The van der Waals surface area contributed by atoms with E-state index >= 15 is 0 Å². The zero-order valence-corrected chi connectivity index (χ0v) is 16.7. The summed E-state index contributed by atoms with van der Waals surface area (Å²) >= 11 is 1.47. The molecule has 2 heterocycles. The van der Waals surface area contributed by atoms with Crippen LogP contribution in [0.1, 0.15) is 21.7 Å². The van der Waals surface area contributed by atoms with Crippen LogP contribution >= 0.6 is 11.3 Å². The van der Waals surface area contributed by atoms with Crippen molar-refractivity contribution in [2.75, 3.05) is 5.32 Å². The molecule has 0 saturated carbocycles. The van der Waals surface area contributed by atoms with Gasteiger partial charge in [-0.25, -0.2) is 0 Å². The van der Waals surface area contributed by atoms with Crippen molar-refractivity contribution in [2.45, 2.75) is 13.8 Å². The molecule has 5 aromatic rings. The Balaban J connectivity index is 1.47. The summed E-state index contributed by atoms with van der Waals surface area (Å²) in [4.78, 5) is 13.6. The number of fused-ring (bicyclic) bond motifs is 2. The third-order valence-electron chi connectivity index (χ3n) is 4.89. The van der Waals surface area contributed by atoms with Crippen molar-refractivity contribution in [2.24, 2.45) is 0 Å². The molecule has 0 atom stereocenters. The van der Waals surface area contributed by atoms with Crippen molar-refractivity contribution >= 4 is 38.7 Å².